The maximum atomic E-state index is 10.9. The zero-order chi connectivity index (χ0) is 23.0. The van der Waals surface area contributed by atoms with E-state index in [1.54, 1.807) is 0 Å². The third kappa shape index (κ3) is 6.96. The molecule has 1 atom stereocenters. The molecule has 0 saturated heterocycles. The SMILES string of the molecule is CC/C(O)=C1\C=CC=C[CH]1[Ge]([CH]([Si](C)(C)C)[Si](C)(C)C)[CH]([Si](C)(C)C)[Si](C)(C)C. The van der Waals surface area contributed by atoms with Gasteiger partial charge < -0.3 is 0 Å². The normalized spacial score (nSPS) is 20.9. The van der Waals surface area contributed by atoms with Crippen molar-refractivity contribution in [3.05, 3.63) is 35.6 Å². The molecule has 0 aliphatic heterocycles. The van der Waals surface area contributed by atoms with Gasteiger partial charge in [0.25, 0.3) is 0 Å². The van der Waals surface area contributed by atoms with Gasteiger partial charge in [0, 0.05) is 0 Å². The van der Waals surface area contributed by atoms with E-state index in [4.69, 9.17) is 0 Å². The molecule has 0 saturated carbocycles. The number of rotatable bonds is 8. The van der Waals surface area contributed by atoms with Gasteiger partial charge in [-0.2, -0.15) is 0 Å². The summed E-state index contributed by atoms with van der Waals surface area (Å²) in [5.74, 6) is 0.649. The summed E-state index contributed by atoms with van der Waals surface area (Å²) in [4.78, 5) is 0. The van der Waals surface area contributed by atoms with Crippen LogP contribution >= 0.6 is 0 Å². The summed E-state index contributed by atoms with van der Waals surface area (Å²) in [6.45, 7) is 33.9. The van der Waals surface area contributed by atoms with Gasteiger partial charge in [0.2, 0.25) is 0 Å². The number of allylic oxidation sites excluding steroid dienone is 6. The van der Waals surface area contributed by atoms with Crippen LogP contribution in [0, 0.1) is 0 Å². The Hall–Kier alpha value is 0.430. The van der Waals surface area contributed by atoms with Crippen LogP contribution in [0.5, 0.6) is 0 Å². The number of hydrogen-bond acceptors (Lipinski definition) is 1. The molecule has 0 bridgehead atoms. The minimum atomic E-state index is -1.67. The molecule has 6 heteroatoms. The van der Waals surface area contributed by atoms with Gasteiger partial charge in [0.05, 0.1) is 0 Å². The molecular formula is C23H49GeOSi4. The van der Waals surface area contributed by atoms with Crippen LogP contribution in [-0.2, 0) is 0 Å². The van der Waals surface area contributed by atoms with E-state index in [1.807, 2.05) is 0 Å². The summed E-state index contributed by atoms with van der Waals surface area (Å²) in [7, 11) is -5.38. The first kappa shape index (κ1) is 27.5. The van der Waals surface area contributed by atoms with Crippen molar-refractivity contribution in [1.29, 1.82) is 0 Å². The van der Waals surface area contributed by atoms with Crippen LogP contribution in [0.15, 0.2) is 35.6 Å². The van der Waals surface area contributed by atoms with Crippen molar-refractivity contribution in [2.45, 2.75) is 105 Å². The standard InChI is InChI=1S/C23H49GeOSi4/c1-14-21(25)19-17-15-16-18-20(19)24(22(26(2,3)4)27(5,6)7)23(28(8,9)10)29(11,12)13/h15-18,20,22-23,25H,14H2,1-13H3/b21-19-. The molecule has 1 N–H and O–H groups in total. The number of aliphatic hydroxyl groups excluding tert-OH is 1. The van der Waals surface area contributed by atoms with E-state index in [0.29, 0.717) is 10.5 Å². The van der Waals surface area contributed by atoms with Crippen LogP contribution < -0.4 is 0 Å². The van der Waals surface area contributed by atoms with E-state index >= 15 is 0 Å². The Kier molecular flexibility index (Phi) is 9.01. The molecule has 0 spiro atoms. The van der Waals surface area contributed by atoms with Crippen LogP contribution in [-0.4, -0.2) is 51.8 Å². The van der Waals surface area contributed by atoms with E-state index in [-0.39, 0.29) is 0 Å². The quantitative estimate of drug-likeness (QED) is 0.249. The Bertz CT molecular complexity index is 594. The predicted molar refractivity (Wildman–Crippen MR) is 149 cm³/mol. The van der Waals surface area contributed by atoms with Crippen LogP contribution in [0.2, 0.25) is 91.3 Å². The van der Waals surface area contributed by atoms with Crippen molar-refractivity contribution in [3.63, 3.8) is 0 Å². The first-order valence-electron chi connectivity index (χ1n) is 11.5. The van der Waals surface area contributed by atoms with E-state index < -0.39 is 46.6 Å². The van der Waals surface area contributed by atoms with Gasteiger partial charge >= 0.3 is 192 Å². The van der Waals surface area contributed by atoms with Gasteiger partial charge in [-0.25, -0.2) is 0 Å². The van der Waals surface area contributed by atoms with Crippen LogP contribution in [0.4, 0.5) is 0 Å². The second-order valence-corrected chi connectivity index (χ2v) is 46.4. The van der Waals surface area contributed by atoms with Gasteiger partial charge in [-0.3, -0.25) is 0 Å². The number of aliphatic hydroxyl groups is 1. The fraction of sp³-hybridized carbons (Fsp3) is 0.739. The molecule has 1 aliphatic carbocycles. The fourth-order valence-corrected chi connectivity index (χ4v) is 71.3. The van der Waals surface area contributed by atoms with E-state index in [2.05, 4.69) is 110 Å². The molecular weight excluding hydrogens is 477 g/mol. The monoisotopic (exact) mass is 527 g/mol. The third-order valence-corrected chi connectivity index (χ3v) is 57.6. The summed E-state index contributed by atoms with van der Waals surface area (Å²) in [6.07, 6.45) is 9.99. The molecule has 0 heterocycles. The van der Waals surface area contributed by atoms with Crippen molar-refractivity contribution < 1.29 is 5.11 Å². The molecule has 0 aromatic carbocycles. The Morgan fingerprint density at radius 3 is 1.48 bits per heavy atom. The summed E-state index contributed by atoms with van der Waals surface area (Å²) in [6, 6.07) is 0. The minimum absolute atomic E-state index is 0.534. The summed E-state index contributed by atoms with van der Waals surface area (Å²) >= 11 is -1.67. The average molecular weight is 527 g/mol. The molecule has 167 valence electrons. The Labute approximate surface area is 191 Å². The van der Waals surface area contributed by atoms with Crippen molar-refractivity contribution in [2.75, 3.05) is 0 Å². The molecule has 29 heavy (non-hydrogen) atoms. The summed E-state index contributed by atoms with van der Waals surface area (Å²) < 4.78 is 2.53. The average Bonchev–Trinajstić information content (AvgIpc) is 2.48. The molecule has 0 amide bonds. The van der Waals surface area contributed by atoms with Gasteiger partial charge in [0.1, 0.15) is 0 Å². The van der Waals surface area contributed by atoms with E-state index in [9.17, 15) is 5.11 Å². The molecule has 1 rings (SSSR count). The molecule has 1 aliphatic rings. The predicted octanol–water partition coefficient (Wildman–Crippen LogP) is 8.45. The maximum absolute atomic E-state index is 10.9. The van der Waals surface area contributed by atoms with Gasteiger partial charge in [-0.1, -0.05) is 0 Å². The van der Waals surface area contributed by atoms with E-state index in [0.717, 1.165) is 14.4 Å². The number of hydrogen-bond donors (Lipinski definition) is 1. The van der Waals surface area contributed by atoms with Crippen LogP contribution in [0.3, 0.4) is 0 Å². The Morgan fingerprint density at radius 1 is 0.793 bits per heavy atom. The second-order valence-electron chi connectivity index (χ2n) is 13.3. The zero-order valence-corrected chi connectivity index (χ0v) is 27.8. The molecule has 0 aromatic rings. The molecule has 1 unspecified atom stereocenters. The first-order chi connectivity index (χ1) is 12.8. The first-order valence-corrected chi connectivity index (χ1v) is 29.4. The van der Waals surface area contributed by atoms with Crippen molar-refractivity contribution >= 4 is 46.6 Å². The van der Waals surface area contributed by atoms with Crippen molar-refractivity contribution in [1.82, 2.24) is 0 Å². The van der Waals surface area contributed by atoms with Crippen molar-refractivity contribution in [3.8, 4) is 0 Å². The van der Waals surface area contributed by atoms with Gasteiger partial charge in [-0.05, 0) is 0 Å². The zero-order valence-electron chi connectivity index (χ0n) is 21.7. The fourth-order valence-electron chi connectivity index (χ4n) is 6.44. The molecule has 1 radical (unpaired) electrons. The van der Waals surface area contributed by atoms with Crippen LogP contribution in [0.1, 0.15) is 13.3 Å². The third-order valence-electron chi connectivity index (χ3n) is 6.18. The summed E-state index contributed by atoms with van der Waals surface area (Å²) in [5.41, 5.74) is 1.29. The Balaban J connectivity index is 3.92. The van der Waals surface area contributed by atoms with Gasteiger partial charge in [0.15, 0.2) is 0 Å². The molecule has 0 aromatic heterocycles. The second kappa shape index (κ2) is 9.51. The van der Waals surface area contributed by atoms with Gasteiger partial charge in [-0.15, -0.1) is 0 Å². The molecule has 1 nitrogen and oxygen atoms in total. The molecule has 0 fully saturated rings. The van der Waals surface area contributed by atoms with E-state index in [1.165, 1.54) is 5.57 Å². The van der Waals surface area contributed by atoms with Crippen molar-refractivity contribution in [2.24, 2.45) is 0 Å². The Morgan fingerprint density at radius 2 is 1.17 bits per heavy atom. The topological polar surface area (TPSA) is 20.2 Å². The summed E-state index contributed by atoms with van der Waals surface area (Å²) in [5, 5.41) is 10.9. The van der Waals surface area contributed by atoms with Crippen LogP contribution in [0.25, 0.3) is 0 Å².